The molecule has 0 bridgehead atoms. The van der Waals surface area contributed by atoms with Crippen LogP contribution in [-0.2, 0) is 4.84 Å². The third kappa shape index (κ3) is 3.31. The van der Waals surface area contributed by atoms with E-state index in [2.05, 4.69) is 43.5 Å². The second-order valence-corrected chi connectivity index (χ2v) is 6.63. The first-order chi connectivity index (χ1) is 11.6. The maximum atomic E-state index is 13.7. The van der Waals surface area contributed by atoms with E-state index in [-0.39, 0.29) is 5.82 Å². The molecule has 0 aliphatic heterocycles. The van der Waals surface area contributed by atoms with Gasteiger partial charge in [0.05, 0.1) is 6.61 Å². The molecule has 4 heteroatoms. The van der Waals surface area contributed by atoms with Crippen LogP contribution in [-0.4, -0.2) is 12.9 Å². The van der Waals surface area contributed by atoms with Crippen molar-refractivity contribution in [2.24, 2.45) is 5.90 Å². The van der Waals surface area contributed by atoms with Gasteiger partial charge in [0.2, 0.25) is 0 Å². The van der Waals surface area contributed by atoms with Crippen LogP contribution in [0.15, 0.2) is 52.9 Å². The van der Waals surface area contributed by atoms with Crippen LogP contribution in [0.1, 0.15) is 30.0 Å². The number of nitrogens with two attached hydrogens (primary N) is 1. The number of hydrogen-bond acceptors (Lipinski definition) is 3. The van der Waals surface area contributed by atoms with Crippen LogP contribution in [0.5, 0.6) is 0 Å². The Hall–Kier alpha value is -1.88. The van der Waals surface area contributed by atoms with Crippen molar-refractivity contribution in [2.75, 3.05) is 12.9 Å². The third-order valence-electron chi connectivity index (χ3n) is 4.35. The zero-order valence-corrected chi connectivity index (χ0v) is 14.6. The summed E-state index contributed by atoms with van der Waals surface area (Å²) in [6.07, 6.45) is 4.89. The highest BCUT2D eigenvalue weighted by atomic mass is 32.2. The van der Waals surface area contributed by atoms with Crippen LogP contribution in [0, 0.1) is 5.82 Å². The summed E-state index contributed by atoms with van der Waals surface area (Å²) in [5.41, 5.74) is 6.53. The van der Waals surface area contributed by atoms with Crippen molar-refractivity contribution in [1.82, 2.24) is 0 Å². The normalized spacial score (nSPS) is 15.2. The first kappa shape index (κ1) is 17.0. The Morgan fingerprint density at radius 1 is 1.12 bits per heavy atom. The number of fused-ring (bicyclic) bond motifs is 1. The number of hydrogen-bond donors (Lipinski definition) is 1. The first-order valence-corrected chi connectivity index (χ1v) is 9.04. The van der Waals surface area contributed by atoms with E-state index < -0.39 is 0 Å². The Morgan fingerprint density at radius 2 is 1.88 bits per heavy atom. The lowest BCUT2D eigenvalue weighted by molar-refractivity contribution is 0.144. The Balaban J connectivity index is 2.06. The lowest BCUT2D eigenvalue weighted by Gasteiger charge is -2.05. The fourth-order valence-electron chi connectivity index (χ4n) is 3.10. The Kier molecular flexibility index (Phi) is 5.19. The summed E-state index contributed by atoms with van der Waals surface area (Å²) in [6, 6.07) is 13.4. The van der Waals surface area contributed by atoms with E-state index in [1.807, 2.05) is 6.07 Å². The van der Waals surface area contributed by atoms with E-state index in [1.54, 1.807) is 17.8 Å². The van der Waals surface area contributed by atoms with Gasteiger partial charge in [-0.2, -0.15) is 0 Å². The van der Waals surface area contributed by atoms with Crippen molar-refractivity contribution >= 4 is 29.0 Å². The van der Waals surface area contributed by atoms with Gasteiger partial charge in [0.15, 0.2) is 0 Å². The van der Waals surface area contributed by atoms with Gasteiger partial charge in [-0.1, -0.05) is 18.2 Å². The predicted octanol–water partition coefficient (Wildman–Crippen LogP) is 5.16. The molecule has 0 saturated carbocycles. The van der Waals surface area contributed by atoms with Crippen molar-refractivity contribution in [3.05, 3.63) is 70.5 Å². The van der Waals surface area contributed by atoms with E-state index in [0.29, 0.717) is 13.0 Å². The first-order valence-electron chi connectivity index (χ1n) is 7.82. The van der Waals surface area contributed by atoms with Crippen molar-refractivity contribution in [3.8, 4) is 0 Å². The predicted molar refractivity (Wildman–Crippen MR) is 99.8 cm³/mol. The van der Waals surface area contributed by atoms with Gasteiger partial charge in [0.1, 0.15) is 5.82 Å². The molecule has 0 aromatic heterocycles. The van der Waals surface area contributed by atoms with Crippen molar-refractivity contribution < 1.29 is 9.23 Å². The molecule has 1 aliphatic rings. The molecule has 0 spiro atoms. The maximum absolute atomic E-state index is 13.7. The summed E-state index contributed by atoms with van der Waals surface area (Å²) in [5, 5.41) is 0. The van der Waals surface area contributed by atoms with E-state index in [9.17, 15) is 4.39 Å². The summed E-state index contributed by atoms with van der Waals surface area (Å²) in [4.78, 5) is 5.96. The summed E-state index contributed by atoms with van der Waals surface area (Å²) >= 11 is 1.72. The van der Waals surface area contributed by atoms with Crippen molar-refractivity contribution in [2.45, 2.75) is 18.2 Å². The second kappa shape index (κ2) is 7.34. The smallest absolute Gasteiger partial charge is 0.123 e. The summed E-state index contributed by atoms with van der Waals surface area (Å²) in [6.45, 7) is 2.49. The van der Waals surface area contributed by atoms with Gasteiger partial charge in [-0.3, -0.25) is 0 Å². The van der Waals surface area contributed by atoms with Crippen LogP contribution < -0.4 is 5.90 Å². The van der Waals surface area contributed by atoms with Crippen molar-refractivity contribution in [3.63, 3.8) is 0 Å². The number of halogens is 1. The van der Waals surface area contributed by atoms with Gasteiger partial charge in [-0.15, -0.1) is 11.8 Å². The largest absolute Gasteiger partial charge is 0.304 e. The molecule has 24 heavy (non-hydrogen) atoms. The lowest BCUT2D eigenvalue weighted by atomic mass is 10.0. The summed E-state index contributed by atoms with van der Waals surface area (Å²) < 4.78 is 13.7. The molecule has 3 rings (SSSR count). The molecule has 0 fully saturated rings. The van der Waals surface area contributed by atoms with E-state index in [0.717, 1.165) is 33.4 Å². The molecular formula is C20H20FNOS. The Labute approximate surface area is 146 Å². The number of allylic oxidation sites excluding steroid dienone is 2. The van der Waals surface area contributed by atoms with Gasteiger partial charge in [-0.25, -0.2) is 10.3 Å². The molecule has 0 heterocycles. The summed E-state index contributed by atoms with van der Waals surface area (Å²) in [7, 11) is 0. The summed E-state index contributed by atoms with van der Waals surface area (Å²) in [5.74, 6) is 4.95. The molecule has 0 atom stereocenters. The Bertz CT molecular complexity index is 809. The van der Waals surface area contributed by atoms with Gasteiger partial charge >= 0.3 is 0 Å². The molecule has 2 nitrogen and oxygen atoms in total. The van der Waals surface area contributed by atoms with Crippen LogP contribution >= 0.6 is 11.8 Å². The van der Waals surface area contributed by atoms with E-state index in [4.69, 9.17) is 10.7 Å². The van der Waals surface area contributed by atoms with Crippen LogP contribution in [0.25, 0.3) is 17.2 Å². The molecule has 0 amide bonds. The minimum Gasteiger partial charge on any atom is -0.304 e. The third-order valence-corrected chi connectivity index (χ3v) is 5.09. The van der Waals surface area contributed by atoms with Crippen LogP contribution in [0.2, 0.25) is 0 Å². The van der Waals surface area contributed by atoms with E-state index >= 15 is 0 Å². The number of benzene rings is 2. The maximum Gasteiger partial charge on any atom is 0.123 e. The fourth-order valence-corrected chi connectivity index (χ4v) is 3.51. The minimum absolute atomic E-state index is 0.224. The topological polar surface area (TPSA) is 35.2 Å². The highest BCUT2D eigenvalue weighted by Crippen LogP contribution is 2.43. The highest BCUT2D eigenvalue weighted by Gasteiger charge is 2.23. The second-order valence-electron chi connectivity index (χ2n) is 5.75. The lowest BCUT2D eigenvalue weighted by Crippen LogP contribution is -2.01. The minimum atomic E-state index is -0.224. The number of rotatable bonds is 5. The molecule has 0 radical (unpaired) electrons. The quantitative estimate of drug-likeness (QED) is 0.603. The fraction of sp³-hybridized carbons (Fsp3) is 0.200. The molecule has 2 aromatic rings. The molecule has 0 saturated heterocycles. The van der Waals surface area contributed by atoms with Gasteiger partial charge in [-0.05, 0) is 83.4 Å². The monoisotopic (exact) mass is 341 g/mol. The SMILES string of the molecule is CSc1ccc(/C=C2/C(C)=C(CCON)c3cc(F)ccc32)cc1. The molecule has 1 aliphatic carbocycles. The highest BCUT2D eigenvalue weighted by molar-refractivity contribution is 7.98. The van der Waals surface area contributed by atoms with Gasteiger partial charge in [0, 0.05) is 4.90 Å². The average Bonchev–Trinajstić information content (AvgIpc) is 2.85. The molecule has 124 valence electrons. The van der Waals surface area contributed by atoms with Crippen LogP contribution in [0.4, 0.5) is 4.39 Å². The van der Waals surface area contributed by atoms with Gasteiger partial charge < -0.3 is 4.84 Å². The zero-order chi connectivity index (χ0) is 17.1. The molecular weight excluding hydrogens is 321 g/mol. The standard InChI is InChI=1S/C20H20FNOS/c1-13-17(9-10-23-22)20-12-15(21)5-8-18(20)19(13)11-14-3-6-16(24-2)7-4-14/h3-8,11-12H,9-10,22H2,1-2H3/b19-11-. The van der Waals surface area contributed by atoms with E-state index in [1.165, 1.54) is 11.0 Å². The average molecular weight is 341 g/mol. The Morgan fingerprint density at radius 3 is 2.54 bits per heavy atom. The zero-order valence-electron chi connectivity index (χ0n) is 13.8. The van der Waals surface area contributed by atoms with Crippen molar-refractivity contribution in [1.29, 1.82) is 0 Å². The molecule has 2 aromatic carbocycles. The number of thioether (sulfide) groups is 1. The van der Waals surface area contributed by atoms with Gasteiger partial charge in [0.25, 0.3) is 0 Å². The van der Waals surface area contributed by atoms with Crippen LogP contribution in [0.3, 0.4) is 0 Å². The molecule has 2 N–H and O–H groups in total. The molecule has 0 unspecified atom stereocenters.